The van der Waals surface area contributed by atoms with E-state index in [1.54, 1.807) is 11.8 Å². The maximum absolute atomic E-state index is 5.83. The molecule has 102 valence electrons. The summed E-state index contributed by atoms with van der Waals surface area (Å²) < 4.78 is 5.83. The Kier molecular flexibility index (Phi) is 5.05. The van der Waals surface area contributed by atoms with Gasteiger partial charge < -0.3 is 9.73 Å². The average molecular weight is 276 g/mol. The summed E-state index contributed by atoms with van der Waals surface area (Å²) in [6, 6.07) is 8.73. The summed E-state index contributed by atoms with van der Waals surface area (Å²) in [5.41, 5.74) is 1.12. The topological polar surface area (TPSA) is 38.1 Å². The molecule has 2 rings (SSSR count). The fourth-order valence-corrected chi connectivity index (χ4v) is 2.47. The number of thioether (sulfide) groups is 1. The Labute approximate surface area is 118 Å². The van der Waals surface area contributed by atoms with Gasteiger partial charge in [-0.3, -0.25) is 0 Å². The summed E-state index contributed by atoms with van der Waals surface area (Å²) in [6.45, 7) is 5.16. The van der Waals surface area contributed by atoms with Crippen molar-refractivity contribution < 1.29 is 4.42 Å². The van der Waals surface area contributed by atoms with Crippen LogP contribution in [0.15, 0.2) is 39.8 Å². The Hall–Kier alpha value is -1.26. The monoisotopic (exact) mass is 276 g/mol. The van der Waals surface area contributed by atoms with E-state index in [4.69, 9.17) is 4.42 Å². The van der Waals surface area contributed by atoms with Crippen molar-refractivity contribution in [3.63, 3.8) is 0 Å². The minimum atomic E-state index is 0.492. The first-order valence-electron chi connectivity index (χ1n) is 6.52. The third-order valence-corrected chi connectivity index (χ3v) is 3.61. The van der Waals surface area contributed by atoms with Gasteiger partial charge in [0.1, 0.15) is 0 Å². The second-order valence-electron chi connectivity index (χ2n) is 4.68. The molecular weight excluding hydrogens is 256 g/mol. The highest BCUT2D eigenvalue weighted by Crippen LogP contribution is 2.30. The predicted molar refractivity (Wildman–Crippen MR) is 80.6 cm³/mol. The molecule has 0 aliphatic heterocycles. The van der Waals surface area contributed by atoms with Gasteiger partial charge in [0, 0.05) is 29.5 Å². The zero-order valence-corrected chi connectivity index (χ0v) is 12.5. The van der Waals surface area contributed by atoms with Crippen molar-refractivity contribution >= 4 is 11.8 Å². The van der Waals surface area contributed by atoms with E-state index in [9.17, 15) is 0 Å². The summed E-state index contributed by atoms with van der Waals surface area (Å²) in [5.74, 6) is 1.64. The molecule has 2 aromatic rings. The Balaban J connectivity index is 2.08. The first-order chi connectivity index (χ1) is 9.20. The zero-order valence-electron chi connectivity index (χ0n) is 11.6. The van der Waals surface area contributed by atoms with Gasteiger partial charge in [0.25, 0.3) is 0 Å². The molecule has 0 bridgehead atoms. The smallest absolute Gasteiger partial charge is 0.196 e. The lowest BCUT2D eigenvalue weighted by atomic mass is 10.2. The van der Waals surface area contributed by atoms with Crippen molar-refractivity contribution in [2.45, 2.75) is 31.2 Å². The van der Waals surface area contributed by atoms with Crippen LogP contribution in [0.4, 0.5) is 0 Å². The Morgan fingerprint density at radius 3 is 2.84 bits per heavy atom. The number of benzene rings is 1. The van der Waals surface area contributed by atoms with Gasteiger partial charge in [-0.2, -0.15) is 0 Å². The number of aromatic nitrogens is 1. The zero-order chi connectivity index (χ0) is 13.7. The van der Waals surface area contributed by atoms with Crippen LogP contribution in [0.5, 0.6) is 0 Å². The van der Waals surface area contributed by atoms with Crippen molar-refractivity contribution in [3.05, 3.63) is 36.4 Å². The van der Waals surface area contributed by atoms with Crippen LogP contribution in [-0.4, -0.2) is 23.8 Å². The van der Waals surface area contributed by atoms with Gasteiger partial charge in [-0.1, -0.05) is 32.0 Å². The largest absolute Gasteiger partial charge is 0.441 e. The Bertz CT molecular complexity index is 522. The van der Waals surface area contributed by atoms with Crippen molar-refractivity contribution in [2.75, 3.05) is 12.8 Å². The van der Waals surface area contributed by atoms with E-state index in [0.717, 1.165) is 30.2 Å². The summed E-state index contributed by atoms with van der Waals surface area (Å²) in [5, 5.41) is 3.36. The van der Waals surface area contributed by atoms with E-state index >= 15 is 0 Å². The fourth-order valence-electron chi connectivity index (χ4n) is 1.87. The molecule has 1 heterocycles. The average Bonchev–Trinajstić information content (AvgIpc) is 2.87. The van der Waals surface area contributed by atoms with E-state index < -0.39 is 0 Å². The minimum Gasteiger partial charge on any atom is -0.441 e. The maximum Gasteiger partial charge on any atom is 0.196 e. The molecule has 0 aliphatic carbocycles. The van der Waals surface area contributed by atoms with Crippen LogP contribution in [0, 0.1) is 0 Å². The summed E-state index contributed by atoms with van der Waals surface area (Å²) in [7, 11) is 0. The van der Waals surface area contributed by atoms with E-state index in [2.05, 4.69) is 42.5 Å². The molecule has 0 spiro atoms. The minimum absolute atomic E-state index is 0.492. The third kappa shape index (κ3) is 3.85. The summed E-state index contributed by atoms with van der Waals surface area (Å²) >= 11 is 1.72. The highest BCUT2D eigenvalue weighted by atomic mass is 32.2. The van der Waals surface area contributed by atoms with Crippen molar-refractivity contribution in [2.24, 2.45) is 0 Å². The van der Waals surface area contributed by atoms with Crippen molar-refractivity contribution in [3.8, 4) is 11.3 Å². The van der Waals surface area contributed by atoms with Crippen LogP contribution >= 0.6 is 11.8 Å². The van der Waals surface area contributed by atoms with Gasteiger partial charge in [0.2, 0.25) is 0 Å². The SMILES string of the molecule is CSc1ccccc1-c1cnc(CCNC(C)C)o1. The second kappa shape index (κ2) is 6.78. The molecule has 0 unspecified atom stereocenters. The van der Waals surface area contributed by atoms with Crippen LogP contribution < -0.4 is 5.32 Å². The lowest BCUT2D eigenvalue weighted by Crippen LogP contribution is -2.24. The van der Waals surface area contributed by atoms with Gasteiger partial charge in [-0.15, -0.1) is 11.8 Å². The Morgan fingerprint density at radius 2 is 2.11 bits per heavy atom. The lowest BCUT2D eigenvalue weighted by molar-refractivity contribution is 0.484. The van der Waals surface area contributed by atoms with E-state index in [0.29, 0.717) is 6.04 Å². The van der Waals surface area contributed by atoms with Gasteiger partial charge in [0.05, 0.1) is 6.20 Å². The number of hydrogen-bond acceptors (Lipinski definition) is 4. The highest BCUT2D eigenvalue weighted by Gasteiger charge is 2.09. The Morgan fingerprint density at radius 1 is 1.32 bits per heavy atom. The van der Waals surface area contributed by atoms with Crippen LogP contribution in [-0.2, 0) is 6.42 Å². The molecule has 0 saturated heterocycles. The number of nitrogens with one attached hydrogen (secondary N) is 1. The quantitative estimate of drug-likeness (QED) is 0.818. The van der Waals surface area contributed by atoms with E-state index in [-0.39, 0.29) is 0 Å². The van der Waals surface area contributed by atoms with Gasteiger partial charge >= 0.3 is 0 Å². The molecule has 0 atom stereocenters. The number of oxazole rings is 1. The molecule has 0 aliphatic rings. The van der Waals surface area contributed by atoms with E-state index in [1.807, 2.05) is 18.3 Å². The predicted octanol–water partition coefficient (Wildman–Crippen LogP) is 3.60. The van der Waals surface area contributed by atoms with Crippen molar-refractivity contribution in [1.82, 2.24) is 10.3 Å². The summed E-state index contributed by atoms with van der Waals surface area (Å²) in [6.07, 6.45) is 4.71. The number of nitrogens with zero attached hydrogens (tertiary/aromatic N) is 1. The molecule has 1 aromatic heterocycles. The number of rotatable bonds is 6. The summed E-state index contributed by atoms with van der Waals surface area (Å²) in [4.78, 5) is 5.56. The fraction of sp³-hybridized carbons (Fsp3) is 0.400. The molecule has 19 heavy (non-hydrogen) atoms. The van der Waals surface area contributed by atoms with Crippen LogP contribution in [0.3, 0.4) is 0 Å². The molecule has 3 nitrogen and oxygen atoms in total. The van der Waals surface area contributed by atoms with E-state index in [1.165, 1.54) is 4.90 Å². The van der Waals surface area contributed by atoms with Crippen molar-refractivity contribution in [1.29, 1.82) is 0 Å². The van der Waals surface area contributed by atoms with Crippen LogP contribution in [0.1, 0.15) is 19.7 Å². The molecule has 1 aromatic carbocycles. The number of hydrogen-bond donors (Lipinski definition) is 1. The molecule has 0 saturated carbocycles. The highest BCUT2D eigenvalue weighted by molar-refractivity contribution is 7.98. The standard InChI is InChI=1S/C15H20N2OS/c1-11(2)16-9-8-15-17-10-13(18-15)12-6-4-5-7-14(12)19-3/h4-7,10-11,16H,8-9H2,1-3H3. The molecule has 0 radical (unpaired) electrons. The first-order valence-corrected chi connectivity index (χ1v) is 7.74. The van der Waals surface area contributed by atoms with Gasteiger partial charge in [-0.25, -0.2) is 4.98 Å². The third-order valence-electron chi connectivity index (χ3n) is 2.82. The van der Waals surface area contributed by atoms with Crippen LogP contribution in [0.2, 0.25) is 0 Å². The molecule has 4 heteroatoms. The van der Waals surface area contributed by atoms with Gasteiger partial charge in [0.15, 0.2) is 11.7 Å². The second-order valence-corrected chi connectivity index (χ2v) is 5.53. The first kappa shape index (κ1) is 14.2. The molecular formula is C15H20N2OS. The van der Waals surface area contributed by atoms with Crippen LogP contribution in [0.25, 0.3) is 11.3 Å². The molecule has 1 N–H and O–H groups in total. The maximum atomic E-state index is 5.83. The van der Waals surface area contributed by atoms with Gasteiger partial charge in [-0.05, 0) is 12.3 Å². The normalized spacial score (nSPS) is 11.2. The molecule has 0 fully saturated rings. The lowest BCUT2D eigenvalue weighted by Gasteiger charge is -2.05. The molecule has 0 amide bonds.